The van der Waals surface area contributed by atoms with E-state index in [1.165, 1.54) is 15.7 Å². The second-order valence-electron chi connectivity index (χ2n) is 6.46. The molecule has 1 aliphatic heterocycles. The predicted molar refractivity (Wildman–Crippen MR) is 84.3 cm³/mol. The Kier molecular flexibility index (Phi) is 4.25. The zero-order valence-corrected chi connectivity index (χ0v) is 13.7. The van der Waals surface area contributed by atoms with Crippen molar-refractivity contribution < 1.29 is 14.5 Å². The van der Waals surface area contributed by atoms with E-state index in [0.717, 1.165) is 25.7 Å². The number of hydrogen-bond donors (Lipinski definition) is 1. The monoisotopic (exact) mass is 335 g/mol. The molecule has 130 valence electrons. The topological polar surface area (TPSA) is 110 Å². The number of amides is 3. The fourth-order valence-electron chi connectivity index (χ4n) is 3.63. The van der Waals surface area contributed by atoms with E-state index in [1.54, 1.807) is 6.92 Å². The molecule has 2 aliphatic rings. The number of rotatable bonds is 4. The Hall–Kier alpha value is -2.45. The second-order valence-corrected chi connectivity index (χ2v) is 6.46. The van der Waals surface area contributed by atoms with Gasteiger partial charge in [0, 0.05) is 6.92 Å². The van der Waals surface area contributed by atoms with Gasteiger partial charge >= 0.3 is 11.8 Å². The average Bonchev–Trinajstić information content (AvgIpc) is 2.88. The summed E-state index contributed by atoms with van der Waals surface area (Å²) in [5.41, 5.74) is -0.774. The van der Waals surface area contributed by atoms with Crippen molar-refractivity contribution in [2.75, 3.05) is 6.54 Å². The molecule has 0 radical (unpaired) electrons. The lowest BCUT2D eigenvalue weighted by molar-refractivity contribution is -0.392. The summed E-state index contributed by atoms with van der Waals surface area (Å²) in [6.07, 6.45) is 6.51. The third-order valence-electron chi connectivity index (χ3n) is 4.97. The van der Waals surface area contributed by atoms with Gasteiger partial charge in [-0.1, -0.05) is 25.7 Å². The molecule has 1 aromatic rings. The lowest BCUT2D eigenvalue weighted by Crippen LogP contribution is -2.46. The minimum absolute atomic E-state index is 0.102. The smallest absolute Gasteiger partial charge is 0.342 e. The Morgan fingerprint density at radius 2 is 1.92 bits per heavy atom. The van der Waals surface area contributed by atoms with Crippen LogP contribution in [-0.4, -0.2) is 43.4 Å². The molecule has 0 bridgehead atoms. The highest BCUT2D eigenvalue weighted by Gasteiger charge is 2.50. The van der Waals surface area contributed by atoms with E-state index in [0.29, 0.717) is 18.7 Å². The number of imide groups is 1. The van der Waals surface area contributed by atoms with E-state index < -0.39 is 16.5 Å². The number of aromatic nitrogens is 2. The summed E-state index contributed by atoms with van der Waals surface area (Å²) in [5, 5.41) is 13.9. The number of nitro groups is 1. The Balaban J connectivity index is 1.74. The van der Waals surface area contributed by atoms with Crippen LogP contribution in [0.5, 0.6) is 0 Å². The van der Waals surface area contributed by atoms with Gasteiger partial charge in [-0.05, 0) is 17.8 Å². The van der Waals surface area contributed by atoms with Gasteiger partial charge in [0.1, 0.15) is 18.3 Å². The first-order valence-electron chi connectivity index (χ1n) is 8.25. The van der Waals surface area contributed by atoms with Crippen LogP contribution in [0.2, 0.25) is 0 Å². The minimum atomic E-state index is -0.774. The summed E-state index contributed by atoms with van der Waals surface area (Å²) >= 11 is 0. The molecule has 2 heterocycles. The van der Waals surface area contributed by atoms with Gasteiger partial charge in [-0.3, -0.25) is 9.69 Å². The average molecular weight is 335 g/mol. The van der Waals surface area contributed by atoms with Gasteiger partial charge in [0.05, 0.1) is 6.54 Å². The normalized spacial score (nSPS) is 20.3. The molecule has 0 atom stereocenters. The van der Waals surface area contributed by atoms with Gasteiger partial charge in [-0.25, -0.2) is 14.3 Å². The van der Waals surface area contributed by atoms with Gasteiger partial charge in [0.15, 0.2) is 5.82 Å². The predicted octanol–water partition coefficient (Wildman–Crippen LogP) is 1.74. The molecule has 9 heteroatoms. The van der Waals surface area contributed by atoms with Crippen LogP contribution >= 0.6 is 0 Å². The highest BCUT2D eigenvalue weighted by atomic mass is 16.6. The van der Waals surface area contributed by atoms with Crippen molar-refractivity contribution in [1.82, 2.24) is 19.8 Å². The Morgan fingerprint density at radius 1 is 1.25 bits per heavy atom. The molecule has 3 rings (SSSR count). The summed E-state index contributed by atoms with van der Waals surface area (Å²) in [4.78, 5) is 40.7. The van der Waals surface area contributed by atoms with Gasteiger partial charge in [-0.15, -0.1) is 0 Å². The van der Waals surface area contributed by atoms with Crippen LogP contribution < -0.4 is 5.32 Å². The summed E-state index contributed by atoms with van der Waals surface area (Å²) in [5.74, 6) is 0.150. The third kappa shape index (κ3) is 2.74. The Bertz CT molecular complexity index is 675. The molecule has 0 aromatic carbocycles. The number of nitrogens with one attached hydrogen (secondary N) is 1. The number of hydrogen-bond acceptors (Lipinski definition) is 5. The van der Waals surface area contributed by atoms with E-state index in [4.69, 9.17) is 0 Å². The minimum Gasteiger partial charge on any atom is -0.358 e. The van der Waals surface area contributed by atoms with Crippen LogP contribution in [0.1, 0.15) is 44.3 Å². The van der Waals surface area contributed by atoms with Gasteiger partial charge < -0.3 is 15.4 Å². The highest BCUT2D eigenvalue weighted by molar-refractivity contribution is 6.07. The van der Waals surface area contributed by atoms with Crippen LogP contribution in [-0.2, 0) is 11.3 Å². The first-order valence-corrected chi connectivity index (χ1v) is 8.25. The first-order chi connectivity index (χ1) is 11.4. The van der Waals surface area contributed by atoms with E-state index in [9.17, 15) is 19.7 Å². The fraction of sp³-hybridized carbons (Fsp3) is 0.667. The second kappa shape index (κ2) is 6.21. The van der Waals surface area contributed by atoms with E-state index in [-0.39, 0.29) is 24.8 Å². The summed E-state index contributed by atoms with van der Waals surface area (Å²) in [6.45, 7) is 1.92. The molecule has 9 nitrogen and oxygen atoms in total. The van der Waals surface area contributed by atoms with Gasteiger partial charge in [0.2, 0.25) is 0 Å². The summed E-state index contributed by atoms with van der Waals surface area (Å²) < 4.78 is 1.42. The number of urea groups is 1. The maximum atomic E-state index is 12.8. The molecular weight excluding hydrogens is 314 g/mol. The molecule has 2 fully saturated rings. The van der Waals surface area contributed by atoms with Gasteiger partial charge in [0.25, 0.3) is 5.91 Å². The molecule has 3 amide bonds. The van der Waals surface area contributed by atoms with Crippen molar-refractivity contribution in [3.63, 3.8) is 0 Å². The number of carbonyl (C=O) groups excluding carboxylic acids is 2. The molecule has 1 aliphatic carbocycles. The quantitative estimate of drug-likeness (QED) is 0.512. The Labute approximate surface area is 139 Å². The largest absolute Gasteiger partial charge is 0.358 e. The Morgan fingerprint density at radius 3 is 2.54 bits per heavy atom. The van der Waals surface area contributed by atoms with Crippen LogP contribution in [0.15, 0.2) is 6.20 Å². The van der Waals surface area contributed by atoms with Crippen molar-refractivity contribution >= 4 is 17.8 Å². The zero-order valence-electron chi connectivity index (χ0n) is 13.7. The maximum Gasteiger partial charge on any atom is 0.342 e. The lowest BCUT2D eigenvalue weighted by atomic mass is 9.90. The van der Waals surface area contributed by atoms with Crippen molar-refractivity contribution in [2.24, 2.45) is 0 Å². The van der Waals surface area contributed by atoms with E-state index in [1.807, 2.05) is 0 Å². The number of carbonyl (C=O) groups is 2. The summed E-state index contributed by atoms with van der Waals surface area (Å²) in [7, 11) is 0. The number of nitrogens with zero attached hydrogens (tertiary/aromatic N) is 4. The lowest BCUT2D eigenvalue weighted by Gasteiger charge is -2.24. The molecule has 1 aromatic heterocycles. The van der Waals surface area contributed by atoms with E-state index >= 15 is 0 Å². The van der Waals surface area contributed by atoms with Crippen molar-refractivity contribution in [1.29, 1.82) is 0 Å². The molecule has 0 unspecified atom stereocenters. The highest BCUT2D eigenvalue weighted by Crippen LogP contribution is 2.32. The van der Waals surface area contributed by atoms with Crippen molar-refractivity contribution in [3.8, 4) is 0 Å². The first kappa shape index (κ1) is 16.4. The fourth-order valence-corrected chi connectivity index (χ4v) is 3.63. The zero-order chi connectivity index (χ0) is 17.3. The SMILES string of the molecule is Cc1ncc([N+](=O)[O-])n1CCN1C(=O)NC2(CCCCCC2)C1=O. The molecule has 24 heavy (non-hydrogen) atoms. The van der Waals surface area contributed by atoms with Crippen LogP contribution in [0.4, 0.5) is 10.6 Å². The van der Waals surface area contributed by atoms with Crippen LogP contribution in [0.25, 0.3) is 0 Å². The maximum absolute atomic E-state index is 12.8. The molecule has 1 N–H and O–H groups in total. The standard InChI is InChI=1S/C15H21N5O4/c1-11-16-10-12(20(23)24)18(11)8-9-19-13(21)15(17-14(19)22)6-4-2-3-5-7-15/h10H,2-9H2,1H3,(H,17,22). The number of aryl methyl sites for hydroxylation is 1. The molecule has 1 saturated carbocycles. The number of imidazole rings is 1. The third-order valence-corrected chi connectivity index (χ3v) is 4.97. The van der Waals surface area contributed by atoms with Crippen LogP contribution in [0, 0.1) is 17.0 Å². The molecule has 1 saturated heterocycles. The van der Waals surface area contributed by atoms with Crippen LogP contribution in [0.3, 0.4) is 0 Å². The van der Waals surface area contributed by atoms with Gasteiger partial charge in [-0.2, -0.15) is 0 Å². The molecular formula is C15H21N5O4. The van der Waals surface area contributed by atoms with E-state index in [2.05, 4.69) is 10.3 Å². The molecule has 1 spiro atoms. The van der Waals surface area contributed by atoms with Crippen molar-refractivity contribution in [2.45, 2.75) is 57.5 Å². The van der Waals surface area contributed by atoms with Crippen molar-refractivity contribution in [3.05, 3.63) is 22.1 Å². The summed E-state index contributed by atoms with van der Waals surface area (Å²) in [6, 6.07) is -0.401.